The maximum Gasteiger partial charge on any atom is 0.306 e. The topological polar surface area (TPSA) is 146 Å². The Labute approximate surface area is 177 Å². The fourth-order valence-electron chi connectivity index (χ4n) is 2.98. The number of cyclic esters (lactones) is 1. The minimum atomic E-state index is -4.12. The molecular formula is C19H19N3O8S. The minimum Gasteiger partial charge on any atom is -0.493 e. The predicted octanol–water partition coefficient (Wildman–Crippen LogP) is 1.86. The highest BCUT2D eigenvalue weighted by molar-refractivity contribution is 7.89. The molecule has 0 spiro atoms. The monoisotopic (exact) mass is 449 g/mol. The zero-order valence-corrected chi connectivity index (χ0v) is 17.4. The van der Waals surface area contributed by atoms with Gasteiger partial charge in [0.1, 0.15) is 6.61 Å². The van der Waals surface area contributed by atoms with Gasteiger partial charge in [0.25, 0.3) is 15.7 Å². The van der Waals surface area contributed by atoms with Crippen LogP contribution in [0.15, 0.2) is 52.5 Å². The first kappa shape index (κ1) is 22.0. The molecule has 0 aliphatic carbocycles. The van der Waals surface area contributed by atoms with Gasteiger partial charge in [0.15, 0.2) is 11.5 Å². The molecule has 1 atom stereocenters. The van der Waals surface area contributed by atoms with Crippen LogP contribution in [0, 0.1) is 16.0 Å². The lowest BCUT2D eigenvalue weighted by molar-refractivity contribution is -0.384. The Hall–Kier alpha value is -3.67. The van der Waals surface area contributed by atoms with Crippen LogP contribution in [-0.2, 0) is 19.6 Å². The summed E-state index contributed by atoms with van der Waals surface area (Å²) < 4.78 is 40.7. The van der Waals surface area contributed by atoms with Gasteiger partial charge < -0.3 is 14.2 Å². The maximum atomic E-state index is 12.6. The number of rotatable bonds is 8. The van der Waals surface area contributed by atoms with E-state index < -0.39 is 26.8 Å². The second-order valence-corrected chi connectivity index (χ2v) is 8.16. The number of sulfonamides is 1. The van der Waals surface area contributed by atoms with Gasteiger partial charge in [-0.1, -0.05) is 0 Å². The number of benzene rings is 2. The molecule has 11 nitrogen and oxygen atoms in total. The zero-order chi connectivity index (χ0) is 22.6. The van der Waals surface area contributed by atoms with E-state index in [1.54, 1.807) is 18.2 Å². The van der Waals surface area contributed by atoms with E-state index in [9.17, 15) is 23.3 Å². The van der Waals surface area contributed by atoms with E-state index in [0.717, 1.165) is 24.3 Å². The van der Waals surface area contributed by atoms with Crippen molar-refractivity contribution < 1.29 is 32.3 Å². The van der Waals surface area contributed by atoms with Crippen LogP contribution in [0.3, 0.4) is 0 Å². The lowest BCUT2D eigenvalue weighted by atomic mass is 9.95. The van der Waals surface area contributed by atoms with Crippen molar-refractivity contribution in [2.45, 2.75) is 11.3 Å². The van der Waals surface area contributed by atoms with Crippen LogP contribution in [0.2, 0.25) is 0 Å². The number of nitro benzene ring substituents is 1. The SMILES string of the molecule is COc1ccc(C(=NNS(=O)(=O)c2ccc([N+](=O)[O-])cc2)C2COC(=O)C2)cc1OC. The van der Waals surface area contributed by atoms with Gasteiger partial charge in [0.05, 0.1) is 36.2 Å². The van der Waals surface area contributed by atoms with E-state index in [2.05, 4.69) is 9.93 Å². The van der Waals surface area contributed by atoms with Crippen molar-refractivity contribution in [1.82, 2.24) is 4.83 Å². The van der Waals surface area contributed by atoms with Gasteiger partial charge >= 0.3 is 5.97 Å². The summed E-state index contributed by atoms with van der Waals surface area (Å²) in [6, 6.07) is 9.27. The highest BCUT2D eigenvalue weighted by Crippen LogP contribution is 2.30. The van der Waals surface area contributed by atoms with E-state index >= 15 is 0 Å². The van der Waals surface area contributed by atoms with E-state index in [-0.39, 0.29) is 29.3 Å². The lowest BCUT2D eigenvalue weighted by Gasteiger charge is -2.15. The Morgan fingerprint density at radius 1 is 1.16 bits per heavy atom. The van der Waals surface area contributed by atoms with E-state index in [1.807, 2.05) is 0 Å². The number of methoxy groups -OCH3 is 2. The van der Waals surface area contributed by atoms with Crippen molar-refractivity contribution in [3.05, 3.63) is 58.1 Å². The van der Waals surface area contributed by atoms with Gasteiger partial charge in [-0.05, 0) is 30.3 Å². The van der Waals surface area contributed by atoms with Crippen LogP contribution in [0.1, 0.15) is 12.0 Å². The molecule has 3 rings (SSSR count). The van der Waals surface area contributed by atoms with E-state index in [4.69, 9.17) is 14.2 Å². The van der Waals surface area contributed by atoms with E-state index in [0.29, 0.717) is 17.1 Å². The van der Waals surface area contributed by atoms with Gasteiger partial charge in [0, 0.05) is 23.6 Å². The Morgan fingerprint density at radius 2 is 1.84 bits per heavy atom. The molecule has 1 heterocycles. The summed E-state index contributed by atoms with van der Waals surface area (Å²) >= 11 is 0. The predicted molar refractivity (Wildman–Crippen MR) is 109 cm³/mol. The van der Waals surface area contributed by atoms with Crippen molar-refractivity contribution in [2.75, 3.05) is 20.8 Å². The second-order valence-electron chi connectivity index (χ2n) is 6.50. The number of esters is 1. The summed E-state index contributed by atoms with van der Waals surface area (Å²) in [7, 11) is -1.18. The van der Waals surface area contributed by atoms with Gasteiger partial charge in [-0.15, -0.1) is 0 Å². The van der Waals surface area contributed by atoms with Gasteiger partial charge in [0.2, 0.25) is 0 Å². The van der Waals surface area contributed by atoms with Gasteiger partial charge in [-0.25, -0.2) is 0 Å². The Morgan fingerprint density at radius 3 is 2.39 bits per heavy atom. The number of hydrazone groups is 1. The molecule has 1 aliphatic rings. The molecule has 2 aromatic rings. The molecule has 0 radical (unpaired) electrons. The first-order chi connectivity index (χ1) is 14.7. The average Bonchev–Trinajstić information content (AvgIpc) is 3.19. The van der Waals surface area contributed by atoms with Crippen LogP contribution >= 0.6 is 0 Å². The summed E-state index contributed by atoms with van der Waals surface area (Å²) in [6.45, 7) is 0.0469. The van der Waals surface area contributed by atoms with Crippen LogP contribution < -0.4 is 14.3 Å². The molecule has 2 aromatic carbocycles. The van der Waals surface area contributed by atoms with Crippen LogP contribution in [0.5, 0.6) is 11.5 Å². The van der Waals surface area contributed by atoms with Crippen molar-refractivity contribution in [2.24, 2.45) is 11.0 Å². The number of hydrogen-bond acceptors (Lipinski definition) is 9. The summed E-state index contributed by atoms with van der Waals surface area (Å²) in [5.41, 5.74) is 0.541. The second kappa shape index (κ2) is 9.00. The first-order valence-electron chi connectivity index (χ1n) is 8.97. The maximum absolute atomic E-state index is 12.6. The molecular weight excluding hydrogens is 430 g/mol. The molecule has 1 N–H and O–H groups in total. The van der Waals surface area contributed by atoms with Crippen molar-refractivity contribution in [1.29, 1.82) is 0 Å². The Bertz CT molecular complexity index is 1130. The largest absolute Gasteiger partial charge is 0.493 e. The highest BCUT2D eigenvalue weighted by atomic mass is 32.2. The molecule has 12 heteroatoms. The smallest absolute Gasteiger partial charge is 0.306 e. The van der Waals surface area contributed by atoms with Gasteiger partial charge in [-0.2, -0.15) is 18.4 Å². The van der Waals surface area contributed by atoms with Crippen molar-refractivity contribution in [3.63, 3.8) is 0 Å². The molecule has 1 aliphatic heterocycles. The van der Waals surface area contributed by atoms with Crippen LogP contribution in [0.25, 0.3) is 0 Å². The van der Waals surface area contributed by atoms with Crippen LogP contribution in [-0.4, -0.2) is 45.8 Å². The van der Waals surface area contributed by atoms with Crippen LogP contribution in [0.4, 0.5) is 5.69 Å². The molecule has 1 saturated heterocycles. The fraction of sp³-hybridized carbons (Fsp3) is 0.263. The van der Waals surface area contributed by atoms with E-state index in [1.165, 1.54) is 14.2 Å². The number of carbonyl (C=O) groups is 1. The Kier molecular flexibility index (Phi) is 6.39. The Balaban J connectivity index is 1.96. The molecule has 0 amide bonds. The number of non-ortho nitro benzene ring substituents is 1. The molecule has 164 valence electrons. The summed E-state index contributed by atoms with van der Waals surface area (Å²) in [4.78, 5) is 23.7. The first-order valence-corrected chi connectivity index (χ1v) is 10.5. The number of nitro groups is 1. The highest BCUT2D eigenvalue weighted by Gasteiger charge is 2.30. The zero-order valence-electron chi connectivity index (χ0n) is 16.6. The number of nitrogens with one attached hydrogen (secondary N) is 1. The normalized spacial score (nSPS) is 16.5. The molecule has 1 unspecified atom stereocenters. The fourth-order valence-corrected chi connectivity index (χ4v) is 3.80. The third-order valence-electron chi connectivity index (χ3n) is 4.57. The molecule has 0 aromatic heterocycles. The minimum absolute atomic E-state index is 0.0342. The lowest BCUT2D eigenvalue weighted by Crippen LogP contribution is -2.24. The number of nitrogens with zero attached hydrogens (tertiary/aromatic N) is 2. The average molecular weight is 449 g/mol. The standard InChI is InChI=1S/C19H19N3O8S/c1-28-16-8-3-12(9-17(16)29-2)19(13-10-18(23)30-11-13)20-21-31(26,27)15-6-4-14(5-7-15)22(24)25/h3-9,13,21H,10-11H2,1-2H3. The molecule has 31 heavy (non-hydrogen) atoms. The summed E-state index contributed by atoms with van der Waals surface area (Å²) in [6.07, 6.45) is 0.0342. The molecule has 0 bridgehead atoms. The molecule has 1 fully saturated rings. The summed E-state index contributed by atoms with van der Waals surface area (Å²) in [5, 5.41) is 14.8. The molecule has 0 saturated carbocycles. The number of ether oxygens (including phenoxy) is 3. The number of hydrogen-bond donors (Lipinski definition) is 1. The quantitative estimate of drug-likeness (QED) is 0.278. The summed E-state index contributed by atoms with van der Waals surface area (Å²) in [5.74, 6) is -0.0338. The third-order valence-corrected chi connectivity index (χ3v) is 5.79. The number of carbonyl (C=O) groups excluding carboxylic acids is 1. The van der Waals surface area contributed by atoms with Gasteiger partial charge in [-0.3, -0.25) is 14.9 Å². The third kappa shape index (κ3) is 4.91. The van der Waals surface area contributed by atoms with Crippen molar-refractivity contribution in [3.8, 4) is 11.5 Å². The van der Waals surface area contributed by atoms with Crippen molar-refractivity contribution >= 4 is 27.4 Å².